The van der Waals surface area contributed by atoms with Crippen LogP contribution in [-0.2, 0) is 23.8 Å². The number of aliphatic hydroxyl groups is 3. The molecule has 0 spiro atoms. The molecule has 10 nitrogen and oxygen atoms in total. The predicted octanol–water partition coefficient (Wildman–Crippen LogP) is -0.516. The zero-order valence-corrected chi connectivity index (χ0v) is 20.1. The molecule has 1 amide bonds. The molecule has 2 rings (SSSR count). The number of thioether (sulfide) groups is 1. The van der Waals surface area contributed by atoms with Crippen molar-refractivity contribution in [1.29, 1.82) is 0 Å². The summed E-state index contributed by atoms with van der Waals surface area (Å²) in [6, 6.07) is -1.04. The van der Waals surface area contributed by atoms with Gasteiger partial charge in [-0.2, -0.15) is 0 Å². The van der Waals surface area contributed by atoms with Crippen molar-refractivity contribution in [2.24, 2.45) is 0 Å². The molecule has 8 atom stereocenters. The molecule has 8 unspecified atom stereocenters. The van der Waals surface area contributed by atoms with Crippen molar-refractivity contribution in [2.75, 3.05) is 33.1 Å². The second kappa shape index (κ2) is 13.1. The van der Waals surface area contributed by atoms with Gasteiger partial charge in [-0.25, -0.2) is 0 Å². The molecule has 4 N–H and O–H groups in total. The van der Waals surface area contributed by atoms with Gasteiger partial charge in [-0.15, -0.1) is 11.8 Å². The summed E-state index contributed by atoms with van der Waals surface area (Å²) in [5.41, 5.74) is -0.830. The van der Waals surface area contributed by atoms with E-state index in [9.17, 15) is 24.9 Å². The molecule has 186 valence electrons. The summed E-state index contributed by atoms with van der Waals surface area (Å²) in [5, 5.41) is 33.9. The van der Waals surface area contributed by atoms with Crippen molar-refractivity contribution in [3.05, 3.63) is 0 Å². The topological polar surface area (TPSA) is 138 Å². The summed E-state index contributed by atoms with van der Waals surface area (Å²) in [6.45, 7) is 4.27. The molecular formula is C21H38N2O8S. The van der Waals surface area contributed by atoms with E-state index in [2.05, 4.69) is 5.32 Å². The molecule has 0 radical (unpaired) electrons. The fraction of sp³-hybridized carbons (Fsp3) is 0.905. The van der Waals surface area contributed by atoms with Crippen LogP contribution in [-0.4, -0.2) is 113 Å². The number of carbonyl (C=O) groups excluding carboxylic acids is 2. The first-order valence-corrected chi connectivity index (χ1v) is 12.3. The fourth-order valence-electron chi connectivity index (χ4n) is 4.12. The minimum atomic E-state index is -1.43. The minimum absolute atomic E-state index is 0.133. The van der Waals surface area contributed by atoms with Crippen molar-refractivity contribution >= 4 is 23.6 Å². The Kier molecular flexibility index (Phi) is 11.1. The lowest BCUT2D eigenvalue weighted by Gasteiger charge is -2.45. The van der Waals surface area contributed by atoms with Crippen LogP contribution in [0.5, 0.6) is 0 Å². The number of methoxy groups -OCH3 is 1. The van der Waals surface area contributed by atoms with Gasteiger partial charge in [0.25, 0.3) is 0 Å². The third kappa shape index (κ3) is 6.78. The van der Waals surface area contributed by atoms with Gasteiger partial charge in [-0.05, 0) is 39.8 Å². The average Bonchev–Trinajstić information content (AvgIpc) is 3.20. The Hall–Kier alpha value is -0.950. The number of carbonyl (C=O) groups is 2. The molecule has 2 aliphatic heterocycles. The fourth-order valence-corrected chi connectivity index (χ4v) is 5.07. The van der Waals surface area contributed by atoms with E-state index in [1.165, 1.54) is 18.9 Å². The third-order valence-electron chi connectivity index (χ3n) is 6.04. The minimum Gasteiger partial charge on any atom is -0.456 e. The van der Waals surface area contributed by atoms with Gasteiger partial charge in [-0.1, -0.05) is 6.92 Å². The van der Waals surface area contributed by atoms with E-state index in [0.717, 1.165) is 19.4 Å². The molecule has 2 heterocycles. The maximum atomic E-state index is 12.9. The number of rotatable bonds is 11. The number of nitrogens with zero attached hydrogens (tertiary/aromatic N) is 1. The molecule has 0 aromatic carbocycles. The lowest BCUT2D eigenvalue weighted by Crippen LogP contribution is -2.66. The highest BCUT2D eigenvalue weighted by Crippen LogP contribution is 2.33. The van der Waals surface area contributed by atoms with Crippen molar-refractivity contribution in [3.8, 4) is 0 Å². The smallest absolute Gasteiger partial charge is 0.306 e. The van der Waals surface area contributed by atoms with E-state index in [0.29, 0.717) is 6.42 Å². The van der Waals surface area contributed by atoms with Gasteiger partial charge in [0.1, 0.15) is 23.7 Å². The molecule has 0 aromatic rings. The Bertz CT molecular complexity index is 612. The largest absolute Gasteiger partial charge is 0.456 e. The van der Waals surface area contributed by atoms with Crippen LogP contribution in [0, 0.1) is 0 Å². The molecule has 32 heavy (non-hydrogen) atoms. The first-order valence-electron chi connectivity index (χ1n) is 11.2. The summed E-state index contributed by atoms with van der Waals surface area (Å²) in [6.07, 6.45) is -3.08. The zero-order valence-electron chi connectivity index (χ0n) is 19.3. The quantitative estimate of drug-likeness (QED) is 0.287. The number of hydrogen-bond donors (Lipinski definition) is 4. The maximum Gasteiger partial charge on any atom is 0.306 e. The summed E-state index contributed by atoms with van der Waals surface area (Å²) < 4.78 is 17.0. The maximum absolute atomic E-state index is 12.9. The van der Waals surface area contributed by atoms with E-state index >= 15 is 0 Å². The Morgan fingerprint density at radius 3 is 2.59 bits per heavy atom. The molecule has 0 aliphatic carbocycles. The van der Waals surface area contributed by atoms with Gasteiger partial charge in [0.05, 0.1) is 24.8 Å². The van der Waals surface area contributed by atoms with Crippen molar-refractivity contribution in [1.82, 2.24) is 10.2 Å². The third-order valence-corrected chi connectivity index (χ3v) is 7.17. The van der Waals surface area contributed by atoms with Crippen LogP contribution in [0.3, 0.4) is 0 Å². The summed E-state index contributed by atoms with van der Waals surface area (Å²) >= 11 is 1.17. The monoisotopic (exact) mass is 478 g/mol. The standard InChI is InChI=1S/C21H38N2O8S/c1-5-7-14(25)30-19-17(27)16(26)18(31-21(19)32-11-10-24)15(12(2)29-4)22-20(28)13-8-6-9-23(13)3/h12-13,15-19,21,24,26-27H,5-11H2,1-4H3,(H,22,28). The molecular weight excluding hydrogens is 440 g/mol. The van der Waals surface area contributed by atoms with Gasteiger partial charge in [0.15, 0.2) is 6.10 Å². The highest BCUT2D eigenvalue weighted by molar-refractivity contribution is 7.99. The van der Waals surface area contributed by atoms with Crippen LogP contribution in [0.2, 0.25) is 0 Å². The van der Waals surface area contributed by atoms with E-state index in [4.69, 9.17) is 14.2 Å². The Morgan fingerprint density at radius 1 is 1.31 bits per heavy atom. The average molecular weight is 479 g/mol. The molecule has 0 bridgehead atoms. The van der Waals surface area contributed by atoms with Gasteiger partial charge in [0, 0.05) is 19.3 Å². The van der Waals surface area contributed by atoms with E-state index in [-0.39, 0.29) is 30.7 Å². The highest BCUT2D eigenvalue weighted by atomic mass is 32.2. The first kappa shape index (κ1) is 27.3. The normalized spacial score (nSPS) is 33.0. The number of aliphatic hydroxyl groups excluding tert-OH is 3. The molecule has 2 fully saturated rings. The van der Waals surface area contributed by atoms with Crippen LogP contribution < -0.4 is 5.32 Å². The summed E-state index contributed by atoms with van der Waals surface area (Å²) in [4.78, 5) is 27.0. The van der Waals surface area contributed by atoms with Crippen LogP contribution in [0.15, 0.2) is 0 Å². The molecule has 11 heteroatoms. The number of esters is 1. The summed E-state index contributed by atoms with van der Waals surface area (Å²) in [5.74, 6) is -0.411. The first-order chi connectivity index (χ1) is 15.2. The second-order valence-corrected chi connectivity index (χ2v) is 9.57. The van der Waals surface area contributed by atoms with Crippen molar-refractivity contribution < 1.29 is 39.1 Å². The van der Waals surface area contributed by atoms with E-state index in [1.807, 2.05) is 18.9 Å². The Labute approximate surface area is 194 Å². The Morgan fingerprint density at radius 2 is 2.03 bits per heavy atom. The number of likely N-dealkylation sites (N-methyl/N-ethyl adjacent to an activating group) is 1. The molecule has 0 saturated carbocycles. The van der Waals surface area contributed by atoms with Gasteiger partial charge < -0.3 is 34.8 Å². The number of nitrogens with one attached hydrogen (secondary N) is 1. The summed E-state index contributed by atoms with van der Waals surface area (Å²) in [7, 11) is 3.38. The van der Waals surface area contributed by atoms with Crippen LogP contribution >= 0.6 is 11.8 Å². The number of ether oxygens (including phenoxy) is 3. The lowest BCUT2D eigenvalue weighted by atomic mass is 9.91. The van der Waals surface area contributed by atoms with E-state index in [1.54, 1.807) is 6.92 Å². The number of amides is 1. The van der Waals surface area contributed by atoms with Gasteiger partial charge in [-0.3, -0.25) is 14.5 Å². The second-order valence-electron chi connectivity index (χ2n) is 8.36. The number of hydrogen-bond acceptors (Lipinski definition) is 10. The molecule has 2 saturated heterocycles. The van der Waals surface area contributed by atoms with E-state index < -0.39 is 48.0 Å². The lowest BCUT2D eigenvalue weighted by molar-refractivity contribution is -0.223. The highest BCUT2D eigenvalue weighted by Gasteiger charge is 2.51. The van der Waals surface area contributed by atoms with Crippen molar-refractivity contribution in [3.63, 3.8) is 0 Å². The Balaban J connectivity index is 2.22. The van der Waals surface area contributed by atoms with Crippen molar-refractivity contribution in [2.45, 2.75) is 87.6 Å². The van der Waals surface area contributed by atoms with Gasteiger partial charge in [0.2, 0.25) is 5.91 Å². The molecule has 0 aromatic heterocycles. The van der Waals surface area contributed by atoms with Crippen LogP contribution in [0.1, 0.15) is 39.5 Å². The van der Waals surface area contributed by atoms with Crippen LogP contribution in [0.4, 0.5) is 0 Å². The zero-order chi connectivity index (χ0) is 23.8. The SMILES string of the molecule is CCCC(=O)OC1C(SCCO)OC(C(NC(=O)C2CCCN2C)C(C)OC)C(O)C1O. The van der Waals surface area contributed by atoms with Gasteiger partial charge >= 0.3 is 5.97 Å². The van der Waals surface area contributed by atoms with Crippen LogP contribution in [0.25, 0.3) is 0 Å². The molecule has 2 aliphatic rings. The number of likely N-dealkylation sites (tertiary alicyclic amines) is 1. The predicted molar refractivity (Wildman–Crippen MR) is 119 cm³/mol.